The van der Waals surface area contributed by atoms with E-state index in [0.29, 0.717) is 0 Å². The van der Waals surface area contributed by atoms with Crippen molar-refractivity contribution in [1.82, 2.24) is 0 Å². The highest BCUT2D eigenvalue weighted by molar-refractivity contribution is 7.00. The van der Waals surface area contributed by atoms with Crippen molar-refractivity contribution < 1.29 is 0 Å². The van der Waals surface area contributed by atoms with Crippen molar-refractivity contribution in [3.8, 4) is 11.1 Å². The highest BCUT2D eigenvalue weighted by Crippen LogP contribution is 2.62. The van der Waals surface area contributed by atoms with Crippen LogP contribution in [0.2, 0.25) is 0 Å². The summed E-state index contributed by atoms with van der Waals surface area (Å²) >= 11 is 0. The van der Waals surface area contributed by atoms with Gasteiger partial charge in [-0.3, -0.25) is 0 Å². The number of aryl methyl sites for hydroxylation is 2. The zero-order valence-corrected chi connectivity index (χ0v) is 32.8. The van der Waals surface area contributed by atoms with Gasteiger partial charge in [-0.15, -0.1) is 0 Å². The van der Waals surface area contributed by atoms with Crippen molar-refractivity contribution in [1.29, 1.82) is 0 Å². The van der Waals surface area contributed by atoms with Crippen molar-refractivity contribution in [3.63, 3.8) is 0 Å². The third kappa shape index (κ3) is 4.53. The fraction of sp³-hybridized carbons (Fsp3) is 0.192. The van der Waals surface area contributed by atoms with Gasteiger partial charge in [-0.1, -0.05) is 129 Å². The molecule has 11 rings (SSSR count). The molecule has 0 aromatic heterocycles. The van der Waals surface area contributed by atoms with E-state index in [2.05, 4.69) is 200 Å². The lowest BCUT2D eigenvalue weighted by Crippen LogP contribution is -2.64. The normalized spacial score (nSPS) is 19.9. The third-order valence-corrected chi connectivity index (χ3v) is 14.0. The molecule has 0 amide bonds. The Labute approximate surface area is 332 Å². The number of anilines is 8. The molecule has 1 aliphatic carbocycles. The summed E-state index contributed by atoms with van der Waals surface area (Å²) in [4.78, 5) is 7.93. The quantitative estimate of drug-likeness (QED) is 0.164. The summed E-state index contributed by atoms with van der Waals surface area (Å²) in [7, 11) is 0. The Balaban J connectivity index is 1.29. The number of benzene rings is 7. The molecule has 7 aromatic rings. The molecule has 0 spiro atoms. The summed E-state index contributed by atoms with van der Waals surface area (Å²) in [6.45, 7) is 9.74. The highest BCUT2D eigenvalue weighted by Gasteiger charge is 2.61. The summed E-state index contributed by atoms with van der Waals surface area (Å²) in [5.74, 6) is 0. The van der Waals surface area contributed by atoms with E-state index in [0.717, 1.165) is 6.42 Å². The molecule has 0 radical (unpaired) electrons. The van der Waals surface area contributed by atoms with Gasteiger partial charge in [0.25, 0.3) is 6.71 Å². The predicted octanol–water partition coefficient (Wildman–Crippen LogP) is 11.8. The number of hydrogen-bond donors (Lipinski definition) is 0. The molecular weight excluding hydrogens is 677 g/mol. The highest BCUT2D eigenvalue weighted by atomic mass is 15.3. The molecule has 1 saturated carbocycles. The van der Waals surface area contributed by atoms with Gasteiger partial charge in [0.1, 0.15) is 0 Å². The van der Waals surface area contributed by atoms with Crippen molar-refractivity contribution >= 4 is 68.6 Å². The Morgan fingerprint density at radius 2 is 1.16 bits per heavy atom. The van der Waals surface area contributed by atoms with Crippen LogP contribution in [-0.2, 0) is 5.41 Å². The Morgan fingerprint density at radius 1 is 0.554 bits per heavy atom. The molecule has 3 nitrogen and oxygen atoms in total. The summed E-state index contributed by atoms with van der Waals surface area (Å²) in [6, 6.07) is 59.2. The summed E-state index contributed by atoms with van der Waals surface area (Å²) < 4.78 is 0. The van der Waals surface area contributed by atoms with Gasteiger partial charge in [0, 0.05) is 45.2 Å². The van der Waals surface area contributed by atoms with Crippen LogP contribution in [-0.4, -0.2) is 12.3 Å². The summed E-state index contributed by atoms with van der Waals surface area (Å²) in [6.07, 6.45) is 4.83. The Hall–Kier alpha value is -6.00. The van der Waals surface area contributed by atoms with Crippen LogP contribution in [0.5, 0.6) is 0 Å². The zero-order valence-electron chi connectivity index (χ0n) is 32.8. The van der Waals surface area contributed by atoms with Gasteiger partial charge < -0.3 is 14.7 Å². The lowest BCUT2D eigenvalue weighted by molar-refractivity contribution is 0.195. The van der Waals surface area contributed by atoms with E-state index in [1.807, 2.05) is 0 Å². The van der Waals surface area contributed by atoms with Crippen LogP contribution in [0.15, 0.2) is 158 Å². The zero-order chi connectivity index (χ0) is 37.8. The minimum atomic E-state index is -0.0975. The first-order chi connectivity index (χ1) is 27.4. The molecule has 4 heteroatoms. The van der Waals surface area contributed by atoms with E-state index in [1.54, 1.807) is 0 Å². The molecule has 1 fully saturated rings. The van der Waals surface area contributed by atoms with Crippen LogP contribution >= 0.6 is 0 Å². The second kappa shape index (κ2) is 12.3. The van der Waals surface area contributed by atoms with E-state index in [4.69, 9.17) is 0 Å². The number of nitrogens with zero attached hydrogens (tertiary/aromatic N) is 3. The molecule has 2 atom stereocenters. The number of rotatable bonds is 5. The van der Waals surface area contributed by atoms with Crippen molar-refractivity contribution in [3.05, 3.63) is 174 Å². The van der Waals surface area contributed by atoms with E-state index in [1.165, 1.54) is 109 Å². The molecule has 3 heterocycles. The fourth-order valence-corrected chi connectivity index (χ4v) is 11.1. The minimum Gasteiger partial charge on any atom is -0.335 e. The minimum absolute atomic E-state index is 0.0130. The van der Waals surface area contributed by atoms with E-state index < -0.39 is 0 Å². The van der Waals surface area contributed by atoms with Gasteiger partial charge in [0.05, 0.1) is 11.2 Å². The third-order valence-electron chi connectivity index (χ3n) is 14.0. The molecule has 56 heavy (non-hydrogen) atoms. The van der Waals surface area contributed by atoms with Crippen molar-refractivity contribution in [2.45, 2.75) is 64.3 Å². The SMILES string of the molecule is Cc1ccccc1N(c1cc2c3c(c1)N1c4c(cc(-c5ccccc5)cc4C4(C)CCCCC14C)B3c1ccccc1N2c1ccccc1)c1ccccc1C. The standard InChI is InChI=1S/C52H46BN3/c1-35-19-11-14-26-44(35)55(45-27-15-12-20-36(45)2)40-33-47-49-48(34-40)56-50-41(51(3)29-17-18-30-52(51,56)4)31-38(37-21-7-5-8-22-37)32-43(50)53(49)42-25-13-16-28-46(42)54(47)39-23-9-6-10-24-39/h5-16,19-28,31-34H,17-18,29-30H2,1-4H3. The van der Waals surface area contributed by atoms with E-state index in [-0.39, 0.29) is 17.7 Å². The van der Waals surface area contributed by atoms with Crippen molar-refractivity contribution in [2.75, 3.05) is 14.7 Å². The first kappa shape index (κ1) is 33.4. The number of fused-ring (bicyclic) bond motifs is 7. The smallest absolute Gasteiger partial charge is 0.252 e. The van der Waals surface area contributed by atoms with Crippen LogP contribution in [0, 0.1) is 13.8 Å². The fourth-order valence-electron chi connectivity index (χ4n) is 11.1. The largest absolute Gasteiger partial charge is 0.335 e. The molecule has 0 N–H and O–H groups in total. The lowest BCUT2D eigenvalue weighted by atomic mass is 9.33. The van der Waals surface area contributed by atoms with E-state index in [9.17, 15) is 0 Å². The molecular formula is C52H46BN3. The van der Waals surface area contributed by atoms with Crippen LogP contribution in [0.1, 0.15) is 56.2 Å². The average Bonchev–Trinajstić information content (AvgIpc) is 3.44. The first-order valence-electron chi connectivity index (χ1n) is 20.4. The maximum absolute atomic E-state index is 2.86. The van der Waals surface area contributed by atoms with Gasteiger partial charge in [0.15, 0.2) is 0 Å². The maximum Gasteiger partial charge on any atom is 0.252 e. The van der Waals surface area contributed by atoms with Crippen LogP contribution in [0.3, 0.4) is 0 Å². The summed E-state index contributed by atoms with van der Waals surface area (Å²) in [5.41, 5.74) is 20.8. The molecule has 272 valence electrons. The molecule has 2 unspecified atom stereocenters. The topological polar surface area (TPSA) is 9.72 Å². The van der Waals surface area contributed by atoms with Crippen LogP contribution < -0.4 is 31.1 Å². The molecule has 0 bridgehead atoms. The van der Waals surface area contributed by atoms with Gasteiger partial charge in [-0.05, 0) is 126 Å². The second-order valence-electron chi connectivity index (χ2n) is 16.9. The van der Waals surface area contributed by atoms with Gasteiger partial charge in [-0.2, -0.15) is 0 Å². The second-order valence-corrected chi connectivity index (χ2v) is 16.9. The Kier molecular flexibility index (Phi) is 7.30. The van der Waals surface area contributed by atoms with Gasteiger partial charge in [0.2, 0.25) is 0 Å². The number of para-hydroxylation sites is 4. The average molecular weight is 724 g/mol. The molecule has 3 aliphatic heterocycles. The monoisotopic (exact) mass is 723 g/mol. The summed E-state index contributed by atoms with van der Waals surface area (Å²) in [5, 5.41) is 0. The van der Waals surface area contributed by atoms with Crippen LogP contribution in [0.25, 0.3) is 11.1 Å². The number of hydrogen-bond acceptors (Lipinski definition) is 3. The van der Waals surface area contributed by atoms with Gasteiger partial charge in [-0.25, -0.2) is 0 Å². The maximum atomic E-state index is 2.86. The van der Waals surface area contributed by atoms with Crippen LogP contribution in [0.4, 0.5) is 45.5 Å². The lowest BCUT2D eigenvalue weighted by Gasteiger charge is -2.53. The van der Waals surface area contributed by atoms with Crippen molar-refractivity contribution in [2.24, 2.45) is 0 Å². The van der Waals surface area contributed by atoms with Gasteiger partial charge >= 0.3 is 0 Å². The Morgan fingerprint density at radius 3 is 1.88 bits per heavy atom. The predicted molar refractivity (Wildman–Crippen MR) is 238 cm³/mol. The first-order valence-corrected chi connectivity index (χ1v) is 20.4. The molecule has 7 aromatic carbocycles. The van der Waals surface area contributed by atoms with E-state index >= 15 is 0 Å². The molecule has 4 aliphatic rings. The Bertz CT molecular complexity index is 2640. The molecule has 0 saturated heterocycles.